The van der Waals surface area contributed by atoms with Gasteiger partial charge in [0, 0.05) is 32.4 Å². The molecule has 3 aromatic carbocycles. The third-order valence-electron chi connectivity index (χ3n) is 4.92. The fourth-order valence-corrected chi connectivity index (χ4v) is 3.98. The molecular formula is C24H16Cl3FN2O3. The van der Waals surface area contributed by atoms with Gasteiger partial charge in [0.05, 0.1) is 12.2 Å². The second-order valence-electron chi connectivity index (χ2n) is 7.14. The third kappa shape index (κ3) is 5.30. The summed E-state index contributed by atoms with van der Waals surface area (Å²) in [6, 6.07) is 14.1. The maximum atomic E-state index is 14.3. The van der Waals surface area contributed by atoms with Gasteiger partial charge in [-0.15, -0.1) is 0 Å². The summed E-state index contributed by atoms with van der Waals surface area (Å²) < 4.78 is 19.8. The molecule has 1 aliphatic heterocycles. The van der Waals surface area contributed by atoms with Crippen LogP contribution in [0.1, 0.15) is 11.1 Å². The van der Waals surface area contributed by atoms with Crippen LogP contribution in [-0.2, 0) is 16.1 Å². The van der Waals surface area contributed by atoms with Crippen LogP contribution in [0.2, 0.25) is 15.1 Å². The summed E-state index contributed by atoms with van der Waals surface area (Å²) in [5.74, 6) is -0.849. The first kappa shape index (κ1) is 23.1. The van der Waals surface area contributed by atoms with Gasteiger partial charge in [-0.3, -0.25) is 9.59 Å². The molecule has 0 unspecified atom stereocenters. The topological polar surface area (TPSA) is 58.6 Å². The zero-order chi connectivity index (χ0) is 23.5. The van der Waals surface area contributed by atoms with Gasteiger partial charge in [-0.25, -0.2) is 4.39 Å². The van der Waals surface area contributed by atoms with Gasteiger partial charge in [0.2, 0.25) is 5.91 Å². The largest absolute Gasteiger partial charge is 0.482 e. The van der Waals surface area contributed by atoms with Crippen molar-refractivity contribution in [2.24, 2.45) is 0 Å². The molecule has 0 aromatic heterocycles. The standard InChI is InChI=1S/C24H16Cl3FN2O3/c25-15-6-4-14(19(27)10-15)5-9-23(31)29-16-7-8-22-21(11-16)30(24(32)13-33-22)12-17-18(26)2-1-3-20(17)28/h1-11H,12-13H2,(H,29,31)/b9-5+. The molecule has 0 fully saturated rings. The molecule has 4 rings (SSSR count). The zero-order valence-electron chi connectivity index (χ0n) is 16.9. The Morgan fingerprint density at radius 2 is 1.91 bits per heavy atom. The van der Waals surface area contributed by atoms with E-state index in [1.54, 1.807) is 48.5 Å². The second-order valence-corrected chi connectivity index (χ2v) is 8.39. The van der Waals surface area contributed by atoms with Crippen molar-refractivity contribution in [3.05, 3.63) is 92.7 Å². The number of rotatable bonds is 5. The van der Waals surface area contributed by atoms with Crippen molar-refractivity contribution in [3.63, 3.8) is 0 Å². The van der Waals surface area contributed by atoms with Crippen LogP contribution in [-0.4, -0.2) is 18.4 Å². The van der Waals surface area contributed by atoms with Gasteiger partial charge in [-0.05, 0) is 54.1 Å². The van der Waals surface area contributed by atoms with E-state index in [2.05, 4.69) is 5.32 Å². The van der Waals surface area contributed by atoms with Crippen LogP contribution in [0, 0.1) is 5.82 Å². The van der Waals surface area contributed by atoms with Crippen molar-refractivity contribution in [2.75, 3.05) is 16.8 Å². The predicted octanol–water partition coefficient (Wildman–Crippen LogP) is 6.36. The average molecular weight is 506 g/mol. The van der Waals surface area contributed by atoms with Crippen molar-refractivity contribution in [3.8, 4) is 5.75 Å². The number of carbonyl (C=O) groups is 2. The Balaban J connectivity index is 1.55. The first-order valence-electron chi connectivity index (χ1n) is 9.76. The van der Waals surface area contributed by atoms with E-state index < -0.39 is 11.7 Å². The summed E-state index contributed by atoms with van der Waals surface area (Å²) >= 11 is 18.1. The molecule has 1 N–H and O–H groups in total. The van der Waals surface area contributed by atoms with Crippen LogP contribution in [0.5, 0.6) is 5.75 Å². The molecule has 1 heterocycles. The van der Waals surface area contributed by atoms with E-state index in [1.165, 1.54) is 23.1 Å². The number of nitrogens with one attached hydrogen (secondary N) is 1. The minimum absolute atomic E-state index is 0.0763. The van der Waals surface area contributed by atoms with Crippen LogP contribution in [0.15, 0.2) is 60.7 Å². The average Bonchev–Trinajstić information content (AvgIpc) is 2.77. The molecule has 0 bridgehead atoms. The molecule has 168 valence electrons. The monoisotopic (exact) mass is 504 g/mol. The number of carbonyl (C=O) groups excluding carboxylic acids is 2. The molecule has 2 amide bonds. The van der Waals surface area contributed by atoms with Gasteiger partial charge < -0.3 is 15.0 Å². The molecule has 3 aromatic rings. The molecule has 0 aliphatic carbocycles. The van der Waals surface area contributed by atoms with Crippen LogP contribution < -0.4 is 15.0 Å². The minimum atomic E-state index is -0.515. The Morgan fingerprint density at radius 3 is 2.67 bits per heavy atom. The lowest BCUT2D eigenvalue weighted by atomic mass is 10.1. The van der Waals surface area contributed by atoms with Crippen molar-refractivity contribution < 1.29 is 18.7 Å². The van der Waals surface area contributed by atoms with Gasteiger partial charge >= 0.3 is 0 Å². The highest BCUT2D eigenvalue weighted by Crippen LogP contribution is 2.36. The van der Waals surface area contributed by atoms with Crippen LogP contribution in [0.4, 0.5) is 15.8 Å². The fraction of sp³-hybridized carbons (Fsp3) is 0.0833. The SMILES string of the molecule is O=C(/C=C/c1ccc(Cl)cc1Cl)Nc1ccc2c(c1)N(Cc1c(F)cccc1Cl)C(=O)CO2. The van der Waals surface area contributed by atoms with E-state index in [9.17, 15) is 14.0 Å². The Labute approximate surface area is 204 Å². The smallest absolute Gasteiger partial charge is 0.265 e. The highest BCUT2D eigenvalue weighted by atomic mass is 35.5. The lowest BCUT2D eigenvalue weighted by Gasteiger charge is -2.30. The lowest BCUT2D eigenvalue weighted by Crippen LogP contribution is -2.38. The highest BCUT2D eigenvalue weighted by Gasteiger charge is 2.27. The number of hydrogen-bond donors (Lipinski definition) is 1. The summed E-state index contributed by atoms with van der Waals surface area (Å²) in [7, 11) is 0. The lowest BCUT2D eigenvalue weighted by molar-refractivity contribution is -0.121. The number of fused-ring (bicyclic) bond motifs is 1. The van der Waals surface area contributed by atoms with Gasteiger partial charge in [0.1, 0.15) is 11.6 Å². The maximum absolute atomic E-state index is 14.3. The number of ether oxygens (including phenoxy) is 1. The van der Waals surface area contributed by atoms with Crippen molar-refractivity contribution in [2.45, 2.75) is 6.54 Å². The van der Waals surface area contributed by atoms with E-state index >= 15 is 0 Å². The Morgan fingerprint density at radius 1 is 1.09 bits per heavy atom. The molecule has 9 heteroatoms. The summed E-state index contributed by atoms with van der Waals surface area (Å²) in [4.78, 5) is 26.3. The van der Waals surface area contributed by atoms with E-state index in [1.807, 2.05) is 0 Å². The van der Waals surface area contributed by atoms with Crippen molar-refractivity contribution in [1.29, 1.82) is 0 Å². The number of nitrogens with zero attached hydrogens (tertiary/aromatic N) is 1. The molecule has 0 saturated carbocycles. The van der Waals surface area contributed by atoms with E-state index in [0.29, 0.717) is 32.7 Å². The van der Waals surface area contributed by atoms with Crippen LogP contribution in [0.3, 0.4) is 0 Å². The number of anilines is 2. The molecular weight excluding hydrogens is 490 g/mol. The molecule has 0 saturated heterocycles. The summed E-state index contributed by atoms with van der Waals surface area (Å²) in [5, 5.41) is 3.85. The quantitative estimate of drug-likeness (QED) is 0.410. The minimum Gasteiger partial charge on any atom is -0.482 e. The molecule has 0 spiro atoms. The highest BCUT2D eigenvalue weighted by molar-refractivity contribution is 6.35. The fourth-order valence-electron chi connectivity index (χ4n) is 3.28. The van der Waals surface area contributed by atoms with E-state index in [4.69, 9.17) is 39.5 Å². The van der Waals surface area contributed by atoms with Crippen LogP contribution in [0.25, 0.3) is 6.08 Å². The second kappa shape index (κ2) is 9.83. The van der Waals surface area contributed by atoms with Crippen molar-refractivity contribution in [1.82, 2.24) is 0 Å². The van der Waals surface area contributed by atoms with E-state index in [0.717, 1.165) is 0 Å². The summed E-state index contributed by atoms with van der Waals surface area (Å²) in [6.07, 6.45) is 2.89. The Hall–Kier alpha value is -3.06. The Kier molecular flexibility index (Phi) is 6.88. The van der Waals surface area contributed by atoms with Gasteiger partial charge in [-0.1, -0.05) is 46.9 Å². The van der Waals surface area contributed by atoms with Crippen molar-refractivity contribution >= 4 is 64.1 Å². The zero-order valence-corrected chi connectivity index (χ0v) is 19.2. The predicted molar refractivity (Wildman–Crippen MR) is 129 cm³/mol. The normalized spacial score (nSPS) is 13.1. The number of halogens is 4. The molecule has 33 heavy (non-hydrogen) atoms. The maximum Gasteiger partial charge on any atom is 0.265 e. The number of amides is 2. The molecule has 5 nitrogen and oxygen atoms in total. The first-order chi connectivity index (χ1) is 15.8. The van der Waals surface area contributed by atoms with Gasteiger partial charge in [0.25, 0.3) is 5.91 Å². The number of benzene rings is 3. The van der Waals surface area contributed by atoms with E-state index in [-0.39, 0.29) is 29.6 Å². The molecule has 0 atom stereocenters. The van der Waals surface area contributed by atoms with Gasteiger partial charge in [0.15, 0.2) is 6.61 Å². The first-order valence-corrected chi connectivity index (χ1v) is 10.9. The molecule has 0 radical (unpaired) electrons. The third-order valence-corrected chi connectivity index (χ3v) is 5.84. The summed E-state index contributed by atoms with van der Waals surface area (Å²) in [6.45, 7) is -0.261. The number of hydrogen-bond acceptors (Lipinski definition) is 3. The summed E-state index contributed by atoms with van der Waals surface area (Å²) in [5.41, 5.74) is 1.65. The van der Waals surface area contributed by atoms with Crippen LogP contribution >= 0.6 is 34.8 Å². The Bertz CT molecular complexity index is 1260. The molecule has 1 aliphatic rings. The van der Waals surface area contributed by atoms with Gasteiger partial charge in [-0.2, -0.15) is 0 Å².